The summed E-state index contributed by atoms with van der Waals surface area (Å²) in [4.78, 5) is 4.99. The number of hydrogen-bond acceptors (Lipinski definition) is 3. The summed E-state index contributed by atoms with van der Waals surface area (Å²) in [7, 11) is 2.21. The topological polar surface area (TPSA) is 18.5 Å². The van der Waals surface area contributed by atoms with Gasteiger partial charge >= 0.3 is 0 Å². The Morgan fingerprint density at radius 1 is 1.36 bits per heavy atom. The maximum Gasteiger partial charge on any atom is 0.0195 e. The highest BCUT2D eigenvalue weighted by atomic mass is 15.3. The number of nitrogens with zero attached hydrogens (tertiary/aromatic N) is 2. The molecule has 0 aromatic carbocycles. The molecule has 1 rings (SSSR count). The number of rotatable bonds is 4. The van der Waals surface area contributed by atoms with Gasteiger partial charge in [-0.2, -0.15) is 0 Å². The van der Waals surface area contributed by atoms with Crippen LogP contribution in [0.3, 0.4) is 0 Å². The van der Waals surface area contributed by atoms with Crippen molar-refractivity contribution in [2.75, 3.05) is 39.8 Å². The summed E-state index contributed by atoms with van der Waals surface area (Å²) in [5.74, 6) is 0. The lowest BCUT2D eigenvalue weighted by atomic mass is 10.2. The Kier molecular flexibility index (Phi) is 4.85. The van der Waals surface area contributed by atoms with Crippen molar-refractivity contribution in [3.8, 4) is 0 Å². The Balaban J connectivity index is 2.17. The predicted octanol–water partition coefficient (Wildman–Crippen LogP) is 0.620. The van der Waals surface area contributed by atoms with Crippen LogP contribution in [0.25, 0.3) is 0 Å². The van der Waals surface area contributed by atoms with Crippen LogP contribution in [-0.4, -0.2) is 61.7 Å². The summed E-state index contributed by atoms with van der Waals surface area (Å²) >= 11 is 0. The Hall–Kier alpha value is -0.120. The first-order valence-corrected chi connectivity index (χ1v) is 5.75. The lowest BCUT2D eigenvalue weighted by Crippen LogP contribution is -2.52. The van der Waals surface area contributed by atoms with Crippen molar-refractivity contribution in [2.45, 2.75) is 32.9 Å². The molecule has 0 spiro atoms. The van der Waals surface area contributed by atoms with E-state index in [2.05, 4.69) is 42.9 Å². The van der Waals surface area contributed by atoms with Crippen molar-refractivity contribution in [3.05, 3.63) is 0 Å². The average Bonchev–Trinajstić information content (AvgIpc) is 2.08. The van der Waals surface area contributed by atoms with Gasteiger partial charge in [-0.25, -0.2) is 0 Å². The summed E-state index contributed by atoms with van der Waals surface area (Å²) in [6, 6.07) is 1.32. The fourth-order valence-corrected chi connectivity index (χ4v) is 2.01. The molecule has 0 amide bonds. The normalized spacial score (nSPS) is 25.9. The van der Waals surface area contributed by atoms with E-state index in [0.29, 0.717) is 12.1 Å². The van der Waals surface area contributed by atoms with Gasteiger partial charge in [0.15, 0.2) is 0 Å². The van der Waals surface area contributed by atoms with E-state index < -0.39 is 0 Å². The second kappa shape index (κ2) is 5.69. The highest BCUT2D eigenvalue weighted by Crippen LogP contribution is 2.06. The molecular formula is C11H25N3. The van der Waals surface area contributed by atoms with Crippen molar-refractivity contribution in [2.24, 2.45) is 0 Å². The molecule has 1 unspecified atom stereocenters. The Morgan fingerprint density at radius 3 is 2.64 bits per heavy atom. The van der Waals surface area contributed by atoms with Gasteiger partial charge in [0.25, 0.3) is 0 Å². The van der Waals surface area contributed by atoms with Crippen LogP contribution in [0.4, 0.5) is 0 Å². The summed E-state index contributed by atoms with van der Waals surface area (Å²) in [6.07, 6.45) is 0. The standard InChI is InChI=1S/C11H25N3/c1-10(2)12-5-6-14-8-7-13(4)9-11(14)3/h10-12H,5-9H2,1-4H3. The van der Waals surface area contributed by atoms with Gasteiger partial charge in [-0.05, 0) is 14.0 Å². The minimum atomic E-state index is 0.609. The van der Waals surface area contributed by atoms with Crippen LogP contribution in [0.15, 0.2) is 0 Å². The Morgan fingerprint density at radius 2 is 2.07 bits per heavy atom. The third kappa shape index (κ3) is 3.95. The van der Waals surface area contributed by atoms with Crippen LogP contribution in [0.5, 0.6) is 0 Å². The zero-order valence-electron chi connectivity index (χ0n) is 10.1. The maximum atomic E-state index is 3.47. The van der Waals surface area contributed by atoms with Gasteiger partial charge in [0.1, 0.15) is 0 Å². The first-order valence-electron chi connectivity index (χ1n) is 5.75. The fraction of sp³-hybridized carbons (Fsp3) is 1.00. The zero-order chi connectivity index (χ0) is 10.6. The molecule has 14 heavy (non-hydrogen) atoms. The lowest BCUT2D eigenvalue weighted by Gasteiger charge is -2.38. The van der Waals surface area contributed by atoms with E-state index in [1.807, 2.05) is 0 Å². The van der Waals surface area contributed by atoms with E-state index in [0.717, 1.165) is 6.54 Å². The molecule has 0 saturated carbocycles. The molecule has 0 aromatic rings. The molecule has 1 aliphatic heterocycles. The van der Waals surface area contributed by atoms with Crippen LogP contribution in [-0.2, 0) is 0 Å². The molecule has 1 heterocycles. The lowest BCUT2D eigenvalue weighted by molar-refractivity contribution is 0.101. The van der Waals surface area contributed by atoms with Crippen LogP contribution >= 0.6 is 0 Å². The molecule has 0 aromatic heterocycles. The van der Waals surface area contributed by atoms with Crippen LogP contribution in [0.1, 0.15) is 20.8 Å². The highest BCUT2D eigenvalue weighted by molar-refractivity contribution is 4.77. The van der Waals surface area contributed by atoms with Crippen LogP contribution < -0.4 is 5.32 Å². The van der Waals surface area contributed by atoms with Crippen molar-refractivity contribution in [1.29, 1.82) is 0 Å². The maximum absolute atomic E-state index is 3.47. The first-order chi connectivity index (χ1) is 6.59. The largest absolute Gasteiger partial charge is 0.313 e. The first kappa shape index (κ1) is 12.0. The van der Waals surface area contributed by atoms with Crippen LogP contribution in [0, 0.1) is 0 Å². The molecule has 1 fully saturated rings. The average molecular weight is 199 g/mol. The fourth-order valence-electron chi connectivity index (χ4n) is 2.01. The molecule has 3 nitrogen and oxygen atoms in total. The summed E-state index contributed by atoms with van der Waals surface area (Å²) in [6.45, 7) is 12.7. The molecule has 1 atom stereocenters. The quantitative estimate of drug-likeness (QED) is 0.716. The molecule has 0 bridgehead atoms. The Labute approximate surface area is 88.5 Å². The highest BCUT2D eigenvalue weighted by Gasteiger charge is 2.20. The van der Waals surface area contributed by atoms with Crippen molar-refractivity contribution in [1.82, 2.24) is 15.1 Å². The van der Waals surface area contributed by atoms with Crippen LogP contribution in [0.2, 0.25) is 0 Å². The zero-order valence-corrected chi connectivity index (χ0v) is 10.1. The van der Waals surface area contributed by atoms with E-state index in [4.69, 9.17) is 0 Å². The molecule has 1 saturated heterocycles. The van der Waals surface area contributed by atoms with Gasteiger partial charge in [0.2, 0.25) is 0 Å². The van der Waals surface area contributed by atoms with Gasteiger partial charge in [0, 0.05) is 44.8 Å². The number of hydrogen-bond donors (Lipinski definition) is 1. The van der Waals surface area contributed by atoms with E-state index in [9.17, 15) is 0 Å². The molecule has 0 aliphatic carbocycles. The van der Waals surface area contributed by atoms with Gasteiger partial charge in [-0.3, -0.25) is 4.90 Å². The smallest absolute Gasteiger partial charge is 0.0195 e. The predicted molar refractivity (Wildman–Crippen MR) is 61.7 cm³/mol. The van der Waals surface area contributed by atoms with Crippen molar-refractivity contribution >= 4 is 0 Å². The van der Waals surface area contributed by atoms with Crippen molar-refractivity contribution < 1.29 is 0 Å². The minimum Gasteiger partial charge on any atom is -0.313 e. The summed E-state index contributed by atoms with van der Waals surface area (Å²) in [5.41, 5.74) is 0. The third-order valence-electron chi connectivity index (χ3n) is 2.92. The number of likely N-dealkylation sites (N-methyl/N-ethyl adjacent to an activating group) is 1. The monoisotopic (exact) mass is 199 g/mol. The molecule has 1 N–H and O–H groups in total. The minimum absolute atomic E-state index is 0.609. The molecule has 3 heteroatoms. The van der Waals surface area contributed by atoms with Gasteiger partial charge < -0.3 is 10.2 Å². The van der Waals surface area contributed by atoms with Gasteiger partial charge in [-0.1, -0.05) is 13.8 Å². The van der Waals surface area contributed by atoms with Gasteiger partial charge in [-0.15, -0.1) is 0 Å². The Bertz CT molecular complexity index is 159. The second-order valence-electron chi connectivity index (χ2n) is 4.76. The third-order valence-corrected chi connectivity index (χ3v) is 2.92. The summed E-state index contributed by atoms with van der Waals surface area (Å²) < 4.78 is 0. The van der Waals surface area contributed by atoms with E-state index in [1.54, 1.807) is 0 Å². The van der Waals surface area contributed by atoms with E-state index in [-0.39, 0.29) is 0 Å². The second-order valence-corrected chi connectivity index (χ2v) is 4.76. The number of nitrogens with one attached hydrogen (secondary N) is 1. The number of piperazine rings is 1. The van der Waals surface area contributed by atoms with Crippen molar-refractivity contribution in [3.63, 3.8) is 0 Å². The molecule has 84 valence electrons. The molecule has 1 aliphatic rings. The van der Waals surface area contributed by atoms with Gasteiger partial charge in [0.05, 0.1) is 0 Å². The van der Waals surface area contributed by atoms with E-state index >= 15 is 0 Å². The SMILES string of the molecule is CC(C)NCCN1CCN(C)CC1C. The van der Waals surface area contributed by atoms with E-state index in [1.165, 1.54) is 26.2 Å². The summed E-state index contributed by atoms with van der Waals surface area (Å²) in [5, 5.41) is 3.47. The molecular weight excluding hydrogens is 174 g/mol. The molecule has 0 radical (unpaired) electrons.